The number of hydrogen-bond donors (Lipinski definition) is 2. The number of nitrogens with one attached hydrogen (secondary N) is 1. The van der Waals surface area contributed by atoms with Gasteiger partial charge in [-0.05, 0) is 18.6 Å². The number of benzene rings is 1. The molecule has 0 saturated carbocycles. The summed E-state index contributed by atoms with van der Waals surface area (Å²) in [6.07, 6.45) is 1.70. The lowest BCUT2D eigenvalue weighted by Gasteiger charge is -1.99. The van der Waals surface area contributed by atoms with E-state index in [1.165, 1.54) is 5.39 Å². The first-order valence-electron chi connectivity index (χ1n) is 5.76. The quantitative estimate of drug-likeness (QED) is 0.714. The number of rotatable bonds is 2. The summed E-state index contributed by atoms with van der Waals surface area (Å²) in [7, 11) is 0. The van der Waals surface area contributed by atoms with Gasteiger partial charge < -0.3 is 10.7 Å². The summed E-state index contributed by atoms with van der Waals surface area (Å²) in [6, 6.07) is 8.15. The van der Waals surface area contributed by atoms with E-state index in [-0.39, 0.29) is 0 Å². The first kappa shape index (κ1) is 10.9. The standard InChI is InChI=1S/C13H13N5/c1-8-9-4-2-3-5-10(9)16-13(8)11-7-15-12(6-14)18-17-11/h2-5,7,16H,6,14H2,1H3. The molecule has 2 heterocycles. The molecule has 0 fully saturated rings. The van der Waals surface area contributed by atoms with Crippen LogP contribution in [0.15, 0.2) is 30.5 Å². The van der Waals surface area contributed by atoms with E-state index in [1.54, 1.807) is 6.20 Å². The molecule has 90 valence electrons. The molecule has 3 aromatic rings. The molecule has 5 nitrogen and oxygen atoms in total. The topological polar surface area (TPSA) is 80.5 Å². The second kappa shape index (κ2) is 4.19. The van der Waals surface area contributed by atoms with Crippen molar-refractivity contribution in [3.63, 3.8) is 0 Å². The molecule has 0 aliphatic rings. The highest BCUT2D eigenvalue weighted by molar-refractivity contribution is 5.89. The summed E-state index contributed by atoms with van der Waals surface area (Å²) in [4.78, 5) is 7.51. The SMILES string of the molecule is Cc1c(-c2cnc(CN)nn2)[nH]c2ccccc12. The molecule has 0 atom stereocenters. The third-order valence-electron chi connectivity index (χ3n) is 3.01. The van der Waals surface area contributed by atoms with Crippen LogP contribution < -0.4 is 5.73 Å². The zero-order valence-electron chi connectivity index (χ0n) is 10.0. The van der Waals surface area contributed by atoms with Crippen LogP contribution in [-0.4, -0.2) is 20.2 Å². The molecule has 18 heavy (non-hydrogen) atoms. The van der Waals surface area contributed by atoms with Crippen molar-refractivity contribution in [1.29, 1.82) is 0 Å². The average Bonchev–Trinajstić information content (AvgIpc) is 2.77. The van der Waals surface area contributed by atoms with Gasteiger partial charge in [-0.1, -0.05) is 18.2 Å². The Morgan fingerprint density at radius 1 is 1.22 bits per heavy atom. The summed E-state index contributed by atoms with van der Waals surface area (Å²) in [5.41, 5.74) is 9.40. The van der Waals surface area contributed by atoms with Crippen LogP contribution in [-0.2, 0) is 6.54 Å². The van der Waals surface area contributed by atoms with Crippen molar-refractivity contribution in [1.82, 2.24) is 20.2 Å². The zero-order chi connectivity index (χ0) is 12.5. The van der Waals surface area contributed by atoms with E-state index in [4.69, 9.17) is 5.73 Å². The van der Waals surface area contributed by atoms with Gasteiger partial charge in [-0.3, -0.25) is 0 Å². The van der Waals surface area contributed by atoms with Crippen molar-refractivity contribution in [2.75, 3.05) is 0 Å². The Bertz CT molecular complexity index is 684. The normalized spacial score (nSPS) is 11.0. The van der Waals surface area contributed by atoms with Crippen molar-refractivity contribution in [2.45, 2.75) is 13.5 Å². The molecule has 0 radical (unpaired) electrons. The number of aromatic amines is 1. The molecule has 5 heteroatoms. The fourth-order valence-electron chi connectivity index (χ4n) is 2.05. The van der Waals surface area contributed by atoms with Gasteiger partial charge in [0.05, 0.1) is 18.4 Å². The number of hydrogen-bond acceptors (Lipinski definition) is 4. The monoisotopic (exact) mass is 239 g/mol. The van der Waals surface area contributed by atoms with Crippen LogP contribution in [0.3, 0.4) is 0 Å². The minimum Gasteiger partial charge on any atom is -0.353 e. The second-order valence-electron chi connectivity index (χ2n) is 4.13. The molecule has 0 aliphatic heterocycles. The molecule has 0 bridgehead atoms. The molecule has 2 aromatic heterocycles. The van der Waals surface area contributed by atoms with Gasteiger partial charge >= 0.3 is 0 Å². The Morgan fingerprint density at radius 3 is 2.72 bits per heavy atom. The lowest BCUT2D eigenvalue weighted by molar-refractivity contribution is 0.833. The fraction of sp³-hybridized carbons (Fsp3) is 0.154. The highest BCUT2D eigenvalue weighted by atomic mass is 15.2. The van der Waals surface area contributed by atoms with Crippen LogP contribution in [0.1, 0.15) is 11.4 Å². The summed E-state index contributed by atoms with van der Waals surface area (Å²) in [6.45, 7) is 2.37. The fourth-order valence-corrected chi connectivity index (χ4v) is 2.05. The van der Waals surface area contributed by atoms with Crippen molar-refractivity contribution in [3.05, 3.63) is 41.9 Å². The maximum absolute atomic E-state index is 5.46. The maximum Gasteiger partial charge on any atom is 0.164 e. The van der Waals surface area contributed by atoms with E-state index in [0.29, 0.717) is 12.4 Å². The van der Waals surface area contributed by atoms with Crippen LogP contribution in [0, 0.1) is 6.92 Å². The molecule has 0 unspecified atom stereocenters. The van der Waals surface area contributed by atoms with Crippen LogP contribution in [0.5, 0.6) is 0 Å². The van der Waals surface area contributed by atoms with E-state index in [2.05, 4.69) is 33.2 Å². The molecule has 0 aliphatic carbocycles. The second-order valence-corrected chi connectivity index (χ2v) is 4.13. The van der Waals surface area contributed by atoms with Gasteiger partial charge in [-0.15, -0.1) is 10.2 Å². The van der Waals surface area contributed by atoms with Gasteiger partial charge in [-0.25, -0.2) is 4.98 Å². The van der Waals surface area contributed by atoms with Gasteiger partial charge in [0.2, 0.25) is 0 Å². The van der Waals surface area contributed by atoms with Gasteiger partial charge in [0.1, 0.15) is 5.69 Å². The zero-order valence-corrected chi connectivity index (χ0v) is 10.0. The number of aromatic nitrogens is 4. The number of fused-ring (bicyclic) bond motifs is 1. The Morgan fingerprint density at radius 2 is 2.06 bits per heavy atom. The van der Waals surface area contributed by atoms with Crippen LogP contribution >= 0.6 is 0 Å². The lowest BCUT2D eigenvalue weighted by atomic mass is 10.1. The predicted octanol–water partition coefficient (Wildman–Crippen LogP) is 1.79. The van der Waals surface area contributed by atoms with E-state index in [0.717, 1.165) is 22.5 Å². The summed E-state index contributed by atoms with van der Waals surface area (Å²) in [5, 5.41) is 9.32. The number of para-hydroxylation sites is 1. The van der Waals surface area contributed by atoms with E-state index < -0.39 is 0 Å². The van der Waals surface area contributed by atoms with Crippen molar-refractivity contribution in [2.24, 2.45) is 5.73 Å². The summed E-state index contributed by atoms with van der Waals surface area (Å²) >= 11 is 0. The summed E-state index contributed by atoms with van der Waals surface area (Å²) in [5.74, 6) is 0.549. The number of aryl methyl sites for hydroxylation is 1. The third kappa shape index (κ3) is 1.65. The Balaban J connectivity index is 2.15. The molecule has 3 N–H and O–H groups in total. The van der Waals surface area contributed by atoms with Gasteiger partial charge in [-0.2, -0.15) is 0 Å². The third-order valence-corrected chi connectivity index (χ3v) is 3.01. The van der Waals surface area contributed by atoms with Crippen LogP contribution in [0.4, 0.5) is 0 Å². The van der Waals surface area contributed by atoms with Crippen molar-refractivity contribution < 1.29 is 0 Å². The lowest BCUT2D eigenvalue weighted by Crippen LogP contribution is -2.04. The minimum atomic E-state index is 0.305. The molecular formula is C13H13N5. The van der Waals surface area contributed by atoms with E-state index in [1.807, 2.05) is 18.2 Å². The van der Waals surface area contributed by atoms with Crippen molar-refractivity contribution >= 4 is 10.9 Å². The van der Waals surface area contributed by atoms with Gasteiger partial charge in [0.25, 0.3) is 0 Å². The van der Waals surface area contributed by atoms with E-state index >= 15 is 0 Å². The highest BCUT2D eigenvalue weighted by Crippen LogP contribution is 2.27. The number of nitrogens with two attached hydrogens (primary N) is 1. The van der Waals surface area contributed by atoms with Crippen LogP contribution in [0.2, 0.25) is 0 Å². The molecular weight excluding hydrogens is 226 g/mol. The minimum absolute atomic E-state index is 0.305. The molecule has 0 amide bonds. The predicted molar refractivity (Wildman–Crippen MR) is 69.7 cm³/mol. The smallest absolute Gasteiger partial charge is 0.164 e. The van der Waals surface area contributed by atoms with E-state index in [9.17, 15) is 0 Å². The van der Waals surface area contributed by atoms with Gasteiger partial charge in [0.15, 0.2) is 5.82 Å². The molecule has 0 spiro atoms. The first-order chi connectivity index (χ1) is 8.79. The molecule has 1 aromatic carbocycles. The molecule has 3 rings (SSSR count). The largest absolute Gasteiger partial charge is 0.353 e. The van der Waals surface area contributed by atoms with Gasteiger partial charge in [0, 0.05) is 10.9 Å². The molecule has 0 saturated heterocycles. The average molecular weight is 239 g/mol. The highest BCUT2D eigenvalue weighted by Gasteiger charge is 2.10. The summed E-state index contributed by atoms with van der Waals surface area (Å²) < 4.78 is 0. The Hall–Kier alpha value is -2.27. The van der Waals surface area contributed by atoms with Crippen molar-refractivity contribution in [3.8, 4) is 11.4 Å². The Kier molecular flexibility index (Phi) is 2.53. The number of nitrogens with zero attached hydrogens (tertiary/aromatic N) is 3. The Labute approximate surface area is 104 Å². The number of H-pyrrole nitrogens is 1. The maximum atomic E-state index is 5.46. The van der Waals surface area contributed by atoms with Crippen LogP contribution in [0.25, 0.3) is 22.3 Å². The first-order valence-corrected chi connectivity index (χ1v) is 5.76.